The van der Waals surface area contributed by atoms with Crippen molar-refractivity contribution in [1.29, 1.82) is 0 Å². The molecule has 0 bridgehead atoms. The van der Waals surface area contributed by atoms with Gasteiger partial charge in [-0.3, -0.25) is 14.5 Å². The van der Waals surface area contributed by atoms with Crippen LogP contribution >= 0.6 is 0 Å². The first-order valence-corrected chi connectivity index (χ1v) is 7.73. The van der Waals surface area contributed by atoms with Crippen molar-refractivity contribution in [1.82, 2.24) is 15.5 Å². The lowest BCUT2D eigenvalue weighted by Gasteiger charge is -2.13. The molecule has 0 aromatic heterocycles. The molecule has 0 atom stereocenters. The summed E-state index contributed by atoms with van der Waals surface area (Å²) in [6, 6.07) is 12.2. The zero-order chi connectivity index (χ0) is 17.8. The SMILES string of the molecule is O=C(NCc1ccc(F)cc1)c1cccc(CN2C(=O)CNC2=O)c1. The number of rotatable bonds is 5. The zero-order valence-electron chi connectivity index (χ0n) is 13.3. The van der Waals surface area contributed by atoms with Crippen molar-refractivity contribution in [2.24, 2.45) is 0 Å². The van der Waals surface area contributed by atoms with Crippen LogP contribution < -0.4 is 10.6 Å². The van der Waals surface area contributed by atoms with E-state index in [0.717, 1.165) is 10.5 Å². The van der Waals surface area contributed by atoms with Crippen LogP contribution in [0.25, 0.3) is 0 Å². The molecule has 7 heteroatoms. The van der Waals surface area contributed by atoms with Gasteiger partial charge in [-0.25, -0.2) is 9.18 Å². The maximum atomic E-state index is 12.9. The second kappa shape index (κ2) is 7.12. The summed E-state index contributed by atoms with van der Waals surface area (Å²) in [6.45, 7) is 0.386. The molecule has 2 N–H and O–H groups in total. The number of nitrogens with zero attached hydrogens (tertiary/aromatic N) is 1. The summed E-state index contributed by atoms with van der Waals surface area (Å²) in [7, 11) is 0. The number of imide groups is 1. The fraction of sp³-hybridized carbons (Fsp3) is 0.167. The van der Waals surface area contributed by atoms with Crippen molar-refractivity contribution in [3.8, 4) is 0 Å². The molecule has 25 heavy (non-hydrogen) atoms. The van der Waals surface area contributed by atoms with Crippen molar-refractivity contribution in [3.63, 3.8) is 0 Å². The second-order valence-electron chi connectivity index (χ2n) is 5.65. The number of carbonyl (C=O) groups excluding carboxylic acids is 3. The summed E-state index contributed by atoms with van der Waals surface area (Å²) < 4.78 is 12.9. The first kappa shape index (κ1) is 16.6. The molecule has 0 radical (unpaired) electrons. The molecule has 1 heterocycles. The predicted octanol–water partition coefficient (Wildman–Crippen LogP) is 1.81. The average Bonchev–Trinajstić information content (AvgIpc) is 2.93. The molecule has 1 fully saturated rings. The molecule has 0 spiro atoms. The highest BCUT2D eigenvalue weighted by atomic mass is 19.1. The summed E-state index contributed by atoms with van der Waals surface area (Å²) in [5, 5.41) is 5.20. The molecule has 6 nitrogen and oxygen atoms in total. The number of hydrogen-bond acceptors (Lipinski definition) is 3. The van der Waals surface area contributed by atoms with Crippen LogP contribution in [0.1, 0.15) is 21.5 Å². The molecule has 1 aliphatic heterocycles. The fourth-order valence-electron chi connectivity index (χ4n) is 2.50. The van der Waals surface area contributed by atoms with Crippen LogP contribution in [0.15, 0.2) is 48.5 Å². The number of urea groups is 1. The third-order valence-corrected chi connectivity index (χ3v) is 3.83. The van der Waals surface area contributed by atoms with E-state index < -0.39 is 6.03 Å². The van der Waals surface area contributed by atoms with Crippen molar-refractivity contribution in [3.05, 3.63) is 71.0 Å². The third kappa shape index (κ3) is 4.00. The lowest BCUT2D eigenvalue weighted by molar-refractivity contribution is -0.125. The number of carbonyl (C=O) groups is 3. The van der Waals surface area contributed by atoms with E-state index in [1.807, 2.05) is 0 Å². The Morgan fingerprint density at radius 3 is 2.56 bits per heavy atom. The Labute approximate surface area is 143 Å². The van der Waals surface area contributed by atoms with Crippen LogP contribution in [-0.4, -0.2) is 29.3 Å². The number of benzene rings is 2. The Hall–Kier alpha value is -3.22. The minimum Gasteiger partial charge on any atom is -0.348 e. The van der Waals surface area contributed by atoms with Gasteiger partial charge in [-0.15, -0.1) is 0 Å². The molecular formula is C18H16FN3O3. The molecule has 2 aromatic rings. The molecule has 4 amide bonds. The van der Waals surface area contributed by atoms with Crippen molar-refractivity contribution >= 4 is 17.8 Å². The van der Waals surface area contributed by atoms with Gasteiger partial charge in [0.15, 0.2) is 0 Å². The number of halogens is 1. The maximum Gasteiger partial charge on any atom is 0.324 e. The topological polar surface area (TPSA) is 78.5 Å². The Kier molecular flexibility index (Phi) is 4.74. The van der Waals surface area contributed by atoms with E-state index in [1.54, 1.807) is 36.4 Å². The van der Waals surface area contributed by atoms with Gasteiger partial charge < -0.3 is 10.6 Å². The summed E-state index contributed by atoms with van der Waals surface area (Å²) in [4.78, 5) is 36.6. The standard InChI is InChI=1S/C18H16FN3O3/c19-15-6-4-12(5-7-15)9-20-17(24)14-3-1-2-13(8-14)11-22-16(23)10-21-18(22)25/h1-8H,9-11H2,(H,20,24)(H,21,25). The molecule has 0 saturated carbocycles. The van der Waals surface area contributed by atoms with Crippen molar-refractivity contribution < 1.29 is 18.8 Å². The normalized spacial score (nSPS) is 13.7. The summed E-state index contributed by atoms with van der Waals surface area (Å²) in [5.41, 5.74) is 1.89. The second-order valence-corrected chi connectivity index (χ2v) is 5.65. The van der Waals surface area contributed by atoms with E-state index in [0.29, 0.717) is 11.1 Å². The monoisotopic (exact) mass is 341 g/mol. The molecule has 1 saturated heterocycles. The summed E-state index contributed by atoms with van der Waals surface area (Å²) in [6.07, 6.45) is 0. The molecule has 0 unspecified atom stereocenters. The highest BCUT2D eigenvalue weighted by Crippen LogP contribution is 2.11. The summed E-state index contributed by atoms with van der Waals surface area (Å²) >= 11 is 0. The highest BCUT2D eigenvalue weighted by molar-refractivity contribution is 6.02. The molecule has 2 aromatic carbocycles. The smallest absolute Gasteiger partial charge is 0.324 e. The largest absolute Gasteiger partial charge is 0.348 e. The van der Waals surface area contributed by atoms with Gasteiger partial charge in [-0.05, 0) is 35.4 Å². The van der Waals surface area contributed by atoms with Crippen LogP contribution in [-0.2, 0) is 17.9 Å². The van der Waals surface area contributed by atoms with Gasteiger partial charge in [0.05, 0.1) is 13.1 Å². The highest BCUT2D eigenvalue weighted by Gasteiger charge is 2.28. The van der Waals surface area contributed by atoms with E-state index in [1.165, 1.54) is 12.1 Å². The van der Waals surface area contributed by atoms with E-state index >= 15 is 0 Å². The molecular weight excluding hydrogens is 325 g/mol. The summed E-state index contributed by atoms with van der Waals surface area (Å²) in [5.74, 6) is -0.914. The fourth-order valence-corrected chi connectivity index (χ4v) is 2.50. The number of hydrogen-bond donors (Lipinski definition) is 2. The minimum absolute atomic E-state index is 0.00329. The molecule has 128 valence electrons. The first-order valence-electron chi connectivity index (χ1n) is 7.73. The molecule has 1 aliphatic rings. The van der Waals surface area contributed by atoms with E-state index in [2.05, 4.69) is 10.6 Å². The third-order valence-electron chi connectivity index (χ3n) is 3.83. The van der Waals surface area contributed by atoms with Gasteiger partial charge in [-0.1, -0.05) is 24.3 Å². The van der Waals surface area contributed by atoms with Crippen LogP contribution in [0.2, 0.25) is 0 Å². The van der Waals surface area contributed by atoms with Gasteiger partial charge in [0.1, 0.15) is 5.82 Å². The van der Waals surface area contributed by atoms with Gasteiger partial charge in [0.2, 0.25) is 5.91 Å². The van der Waals surface area contributed by atoms with E-state index in [-0.39, 0.29) is 37.3 Å². The average molecular weight is 341 g/mol. The van der Waals surface area contributed by atoms with Crippen LogP contribution in [0, 0.1) is 5.82 Å². The Morgan fingerprint density at radius 1 is 1.12 bits per heavy atom. The lowest BCUT2D eigenvalue weighted by Crippen LogP contribution is -2.30. The quantitative estimate of drug-likeness (QED) is 0.814. The maximum absolute atomic E-state index is 12.9. The zero-order valence-corrected chi connectivity index (χ0v) is 13.3. The van der Waals surface area contributed by atoms with Gasteiger partial charge >= 0.3 is 6.03 Å². The number of amides is 4. The van der Waals surface area contributed by atoms with Crippen LogP contribution in [0.5, 0.6) is 0 Å². The van der Waals surface area contributed by atoms with E-state index in [9.17, 15) is 18.8 Å². The first-order chi connectivity index (χ1) is 12.0. The minimum atomic E-state index is -0.434. The van der Waals surface area contributed by atoms with Crippen LogP contribution in [0.4, 0.5) is 9.18 Å². The van der Waals surface area contributed by atoms with Gasteiger partial charge in [0, 0.05) is 12.1 Å². The van der Waals surface area contributed by atoms with Gasteiger partial charge in [-0.2, -0.15) is 0 Å². The Morgan fingerprint density at radius 2 is 1.88 bits per heavy atom. The van der Waals surface area contributed by atoms with Gasteiger partial charge in [0.25, 0.3) is 5.91 Å². The lowest BCUT2D eigenvalue weighted by atomic mass is 10.1. The predicted molar refractivity (Wildman–Crippen MR) is 88.0 cm³/mol. The number of nitrogens with one attached hydrogen (secondary N) is 2. The van der Waals surface area contributed by atoms with Crippen LogP contribution in [0.3, 0.4) is 0 Å². The molecule has 0 aliphatic carbocycles. The Bertz CT molecular complexity index is 805. The molecule has 3 rings (SSSR count). The van der Waals surface area contributed by atoms with Crippen molar-refractivity contribution in [2.45, 2.75) is 13.1 Å². The van der Waals surface area contributed by atoms with Crippen molar-refractivity contribution in [2.75, 3.05) is 6.54 Å². The van der Waals surface area contributed by atoms with E-state index in [4.69, 9.17) is 0 Å². The Balaban J connectivity index is 1.64.